The number of hydrogen-bond donors (Lipinski definition) is 1. The highest BCUT2D eigenvalue weighted by Gasteiger charge is 2.24. The molecule has 4 heteroatoms. The number of nitrogens with zero attached hydrogens (tertiary/aromatic N) is 3. The highest BCUT2D eigenvalue weighted by atomic mass is 15.3. The zero-order valence-corrected chi connectivity index (χ0v) is 10.4. The van der Waals surface area contributed by atoms with E-state index >= 15 is 0 Å². The Morgan fingerprint density at radius 2 is 2.00 bits per heavy atom. The summed E-state index contributed by atoms with van der Waals surface area (Å²) in [5, 5.41) is 0. The molecule has 1 saturated heterocycles. The van der Waals surface area contributed by atoms with Gasteiger partial charge in [-0.2, -0.15) is 0 Å². The Morgan fingerprint density at radius 3 is 2.47 bits per heavy atom. The molecule has 90 valence electrons. The maximum Gasteiger partial charge on any atom is 0.0236 e. The molecule has 2 N–H and O–H groups in total. The highest BCUT2D eigenvalue weighted by molar-refractivity contribution is 4.82. The fourth-order valence-electron chi connectivity index (χ4n) is 2.18. The lowest BCUT2D eigenvalue weighted by Gasteiger charge is -2.29. The molecule has 0 aromatic rings. The molecule has 0 radical (unpaired) electrons. The summed E-state index contributed by atoms with van der Waals surface area (Å²) in [4.78, 5) is 7.19. The first-order chi connectivity index (χ1) is 7.13. The largest absolute Gasteiger partial charge is 0.329 e. The molecule has 15 heavy (non-hydrogen) atoms. The van der Waals surface area contributed by atoms with Gasteiger partial charge in [0.1, 0.15) is 0 Å². The molecule has 4 nitrogen and oxygen atoms in total. The van der Waals surface area contributed by atoms with Crippen molar-refractivity contribution in [3.8, 4) is 0 Å². The van der Waals surface area contributed by atoms with Gasteiger partial charge in [0.2, 0.25) is 0 Å². The third kappa shape index (κ3) is 4.47. The van der Waals surface area contributed by atoms with Crippen molar-refractivity contribution >= 4 is 0 Å². The first-order valence-electron chi connectivity index (χ1n) is 5.91. The van der Waals surface area contributed by atoms with Gasteiger partial charge in [-0.3, -0.25) is 4.90 Å². The van der Waals surface area contributed by atoms with Crippen molar-refractivity contribution < 1.29 is 0 Å². The number of likely N-dealkylation sites (N-methyl/N-ethyl adjacent to an activating group) is 2. The first-order valence-corrected chi connectivity index (χ1v) is 5.91. The standard InChI is InChI=1S/C11H26N4/c1-13(2)8-9-15(7-5-12)11-4-6-14(3)10-11/h11H,4-10,12H2,1-3H3. The van der Waals surface area contributed by atoms with E-state index in [0.717, 1.165) is 32.2 Å². The topological polar surface area (TPSA) is 35.7 Å². The fraction of sp³-hybridized carbons (Fsp3) is 1.00. The molecule has 0 spiro atoms. The van der Waals surface area contributed by atoms with Gasteiger partial charge in [-0.1, -0.05) is 0 Å². The average molecular weight is 214 g/mol. The molecule has 0 aromatic carbocycles. The van der Waals surface area contributed by atoms with Crippen LogP contribution < -0.4 is 5.73 Å². The average Bonchev–Trinajstić information content (AvgIpc) is 2.59. The van der Waals surface area contributed by atoms with Crippen LogP contribution in [-0.2, 0) is 0 Å². The Bertz CT molecular complexity index is 172. The summed E-state index contributed by atoms with van der Waals surface area (Å²) in [5.74, 6) is 0. The van der Waals surface area contributed by atoms with Gasteiger partial charge < -0.3 is 15.5 Å². The molecule has 1 heterocycles. The lowest BCUT2D eigenvalue weighted by molar-refractivity contribution is 0.184. The van der Waals surface area contributed by atoms with E-state index in [1.807, 2.05) is 0 Å². The Morgan fingerprint density at radius 1 is 1.27 bits per heavy atom. The van der Waals surface area contributed by atoms with E-state index in [9.17, 15) is 0 Å². The van der Waals surface area contributed by atoms with Gasteiger partial charge in [0, 0.05) is 38.8 Å². The number of hydrogen-bond acceptors (Lipinski definition) is 4. The van der Waals surface area contributed by atoms with E-state index < -0.39 is 0 Å². The molecule has 1 aliphatic heterocycles. The number of nitrogens with two attached hydrogens (primary N) is 1. The summed E-state index contributed by atoms with van der Waals surface area (Å²) < 4.78 is 0. The number of rotatable bonds is 6. The van der Waals surface area contributed by atoms with Crippen LogP contribution in [0.3, 0.4) is 0 Å². The summed E-state index contributed by atoms with van der Waals surface area (Å²) in [5.41, 5.74) is 5.67. The third-order valence-corrected chi connectivity index (χ3v) is 3.13. The van der Waals surface area contributed by atoms with Crippen LogP contribution in [0.1, 0.15) is 6.42 Å². The smallest absolute Gasteiger partial charge is 0.0236 e. The van der Waals surface area contributed by atoms with Crippen LogP contribution in [0.2, 0.25) is 0 Å². The van der Waals surface area contributed by atoms with Gasteiger partial charge in [-0.05, 0) is 34.1 Å². The lowest BCUT2D eigenvalue weighted by Crippen LogP contribution is -2.43. The molecular weight excluding hydrogens is 188 g/mol. The van der Waals surface area contributed by atoms with Crippen molar-refractivity contribution in [1.29, 1.82) is 0 Å². The van der Waals surface area contributed by atoms with Crippen LogP contribution in [0, 0.1) is 0 Å². The van der Waals surface area contributed by atoms with Gasteiger partial charge in [0.05, 0.1) is 0 Å². The molecular formula is C11H26N4. The Balaban J connectivity index is 2.35. The lowest BCUT2D eigenvalue weighted by atomic mass is 10.2. The summed E-state index contributed by atoms with van der Waals surface area (Å²) in [6, 6.07) is 0.721. The minimum Gasteiger partial charge on any atom is -0.329 e. The van der Waals surface area contributed by atoms with E-state index in [1.54, 1.807) is 0 Å². The van der Waals surface area contributed by atoms with Crippen LogP contribution in [0.5, 0.6) is 0 Å². The van der Waals surface area contributed by atoms with E-state index in [4.69, 9.17) is 5.73 Å². The summed E-state index contributed by atoms with van der Waals surface area (Å²) in [7, 11) is 6.45. The van der Waals surface area contributed by atoms with Gasteiger partial charge >= 0.3 is 0 Å². The predicted molar refractivity (Wildman–Crippen MR) is 65.1 cm³/mol. The molecule has 1 unspecified atom stereocenters. The molecule has 0 amide bonds. The summed E-state index contributed by atoms with van der Waals surface area (Å²) in [6.45, 7) is 6.50. The molecule has 0 saturated carbocycles. The van der Waals surface area contributed by atoms with Crippen molar-refractivity contribution in [2.45, 2.75) is 12.5 Å². The van der Waals surface area contributed by atoms with Crippen molar-refractivity contribution in [2.75, 3.05) is 60.4 Å². The van der Waals surface area contributed by atoms with Gasteiger partial charge in [-0.25, -0.2) is 0 Å². The maximum atomic E-state index is 5.67. The van der Waals surface area contributed by atoms with Crippen LogP contribution in [0.4, 0.5) is 0 Å². The normalized spacial score (nSPS) is 23.2. The first kappa shape index (κ1) is 12.9. The summed E-state index contributed by atoms with van der Waals surface area (Å²) >= 11 is 0. The zero-order chi connectivity index (χ0) is 11.3. The second kappa shape index (κ2) is 6.43. The number of likely N-dealkylation sites (tertiary alicyclic amines) is 1. The van der Waals surface area contributed by atoms with E-state index in [-0.39, 0.29) is 0 Å². The van der Waals surface area contributed by atoms with Gasteiger partial charge in [-0.15, -0.1) is 0 Å². The van der Waals surface area contributed by atoms with Crippen LogP contribution in [-0.4, -0.2) is 81.2 Å². The van der Waals surface area contributed by atoms with Crippen molar-refractivity contribution in [3.63, 3.8) is 0 Å². The molecule has 0 bridgehead atoms. The van der Waals surface area contributed by atoms with Crippen LogP contribution >= 0.6 is 0 Å². The third-order valence-electron chi connectivity index (χ3n) is 3.13. The van der Waals surface area contributed by atoms with Crippen molar-refractivity contribution in [2.24, 2.45) is 5.73 Å². The van der Waals surface area contributed by atoms with Gasteiger partial charge in [0.25, 0.3) is 0 Å². The van der Waals surface area contributed by atoms with Crippen LogP contribution in [0.15, 0.2) is 0 Å². The molecule has 1 aliphatic rings. The fourth-order valence-corrected chi connectivity index (χ4v) is 2.18. The molecule has 0 aromatic heterocycles. The van der Waals surface area contributed by atoms with Crippen molar-refractivity contribution in [1.82, 2.24) is 14.7 Å². The molecule has 1 atom stereocenters. The SMILES string of the molecule is CN(C)CCN(CCN)C1CCN(C)C1. The Labute approximate surface area is 94.0 Å². The summed E-state index contributed by atoms with van der Waals surface area (Å²) in [6.07, 6.45) is 1.30. The van der Waals surface area contributed by atoms with Gasteiger partial charge in [0.15, 0.2) is 0 Å². The van der Waals surface area contributed by atoms with Crippen LogP contribution in [0.25, 0.3) is 0 Å². The van der Waals surface area contributed by atoms with E-state index in [2.05, 4.69) is 35.8 Å². The molecule has 1 fully saturated rings. The maximum absolute atomic E-state index is 5.67. The highest BCUT2D eigenvalue weighted by Crippen LogP contribution is 2.13. The van der Waals surface area contributed by atoms with Crippen molar-refractivity contribution in [3.05, 3.63) is 0 Å². The second-order valence-electron chi connectivity index (χ2n) is 4.83. The predicted octanol–water partition coefficient (Wildman–Crippen LogP) is -0.487. The Hall–Kier alpha value is -0.160. The minimum absolute atomic E-state index is 0.721. The van der Waals surface area contributed by atoms with E-state index in [1.165, 1.54) is 19.5 Å². The van der Waals surface area contributed by atoms with E-state index in [0.29, 0.717) is 0 Å². The molecule has 1 rings (SSSR count). The minimum atomic E-state index is 0.721. The molecule has 0 aliphatic carbocycles. The zero-order valence-electron chi connectivity index (χ0n) is 10.4. The Kier molecular flexibility index (Phi) is 5.53. The second-order valence-corrected chi connectivity index (χ2v) is 4.83. The quantitative estimate of drug-likeness (QED) is 0.647. The monoisotopic (exact) mass is 214 g/mol.